The van der Waals surface area contributed by atoms with Gasteiger partial charge in [0.1, 0.15) is 0 Å². The summed E-state index contributed by atoms with van der Waals surface area (Å²) in [5.74, 6) is 0. The zero-order chi connectivity index (χ0) is 12.1. The van der Waals surface area contributed by atoms with Crippen molar-refractivity contribution in [3.8, 4) is 0 Å². The summed E-state index contributed by atoms with van der Waals surface area (Å²) in [7, 11) is 0. The summed E-state index contributed by atoms with van der Waals surface area (Å²) in [5, 5.41) is 0.925. The topological polar surface area (TPSA) is 12.5 Å². The lowest BCUT2D eigenvalue weighted by Gasteiger charge is -2.34. The van der Waals surface area contributed by atoms with Crippen LogP contribution in [0.5, 0.6) is 0 Å². The molecule has 1 aromatic rings. The van der Waals surface area contributed by atoms with E-state index in [1.807, 2.05) is 0 Å². The number of anilines is 1. The molecule has 0 amide bonds. The molecule has 1 aliphatic heterocycles. The second-order valence-corrected chi connectivity index (χ2v) is 4.96. The molecule has 17 heavy (non-hydrogen) atoms. The van der Waals surface area contributed by atoms with Crippen LogP contribution < -0.4 is 4.90 Å². The molecule has 0 atom stereocenters. The van der Waals surface area contributed by atoms with Gasteiger partial charge in [-0.15, -0.1) is 0 Å². The minimum Gasteiger partial charge on any atom is -0.378 e. The minimum atomic E-state index is 0.465. The van der Waals surface area contributed by atoms with Crippen molar-refractivity contribution in [2.75, 3.05) is 24.6 Å². The number of alkyl halides is 1. The van der Waals surface area contributed by atoms with Crippen LogP contribution in [0.1, 0.15) is 25.3 Å². The van der Waals surface area contributed by atoms with E-state index < -0.39 is 0 Å². The van der Waals surface area contributed by atoms with Crippen molar-refractivity contribution in [2.45, 2.75) is 31.2 Å². The zero-order valence-electron chi connectivity index (χ0n) is 10.4. The van der Waals surface area contributed by atoms with Crippen LogP contribution in [0, 0.1) is 0 Å². The lowest BCUT2D eigenvalue weighted by atomic mass is 10.1. The van der Waals surface area contributed by atoms with Gasteiger partial charge in [0.15, 0.2) is 0 Å². The number of nitrogens with zero attached hydrogens (tertiary/aromatic N) is 1. The Morgan fingerprint density at radius 3 is 2.65 bits per heavy atom. The Bertz CT molecular complexity index is 348. The van der Waals surface area contributed by atoms with E-state index in [1.54, 1.807) is 0 Å². The van der Waals surface area contributed by atoms with Crippen LogP contribution in [0.15, 0.2) is 24.3 Å². The third-order valence-corrected chi connectivity index (χ3v) is 3.92. The molecule has 0 bridgehead atoms. The van der Waals surface area contributed by atoms with E-state index in [0.29, 0.717) is 6.10 Å². The molecule has 3 heteroatoms. The molecule has 1 aliphatic rings. The predicted octanol–water partition coefficient (Wildman–Crippen LogP) is 3.59. The van der Waals surface area contributed by atoms with Gasteiger partial charge in [0.25, 0.3) is 0 Å². The molecule has 0 saturated carbocycles. The fourth-order valence-electron chi connectivity index (χ4n) is 2.43. The van der Waals surface area contributed by atoms with Gasteiger partial charge < -0.3 is 9.64 Å². The summed E-state index contributed by atoms with van der Waals surface area (Å²) in [6, 6.07) is 8.64. The number of hydrogen-bond donors (Lipinski definition) is 0. The van der Waals surface area contributed by atoms with Gasteiger partial charge in [-0.05, 0) is 31.4 Å². The maximum atomic E-state index is 5.69. The molecule has 2 rings (SSSR count). The lowest BCUT2D eigenvalue weighted by molar-refractivity contribution is 0.0459. The quantitative estimate of drug-likeness (QED) is 0.788. The van der Waals surface area contributed by atoms with Crippen LogP contribution in [-0.2, 0) is 10.1 Å². The van der Waals surface area contributed by atoms with Crippen molar-refractivity contribution in [1.29, 1.82) is 0 Å². The number of halogens is 1. The Kier molecular flexibility index (Phi) is 4.86. The maximum absolute atomic E-state index is 5.69. The number of benzene rings is 1. The van der Waals surface area contributed by atoms with E-state index in [2.05, 4.69) is 52.0 Å². The molecule has 0 aliphatic carbocycles. The predicted molar refractivity (Wildman–Crippen MR) is 75.9 cm³/mol. The Balaban J connectivity index is 2.00. The van der Waals surface area contributed by atoms with Gasteiger partial charge >= 0.3 is 0 Å². The minimum absolute atomic E-state index is 0.465. The van der Waals surface area contributed by atoms with E-state index in [-0.39, 0.29) is 0 Å². The second-order valence-electron chi connectivity index (χ2n) is 4.40. The average molecular weight is 298 g/mol. The number of para-hydroxylation sites is 1. The van der Waals surface area contributed by atoms with Gasteiger partial charge in [0.2, 0.25) is 0 Å². The molecule has 1 fully saturated rings. The average Bonchev–Trinajstić information content (AvgIpc) is 2.40. The van der Waals surface area contributed by atoms with E-state index in [4.69, 9.17) is 4.74 Å². The van der Waals surface area contributed by atoms with Crippen LogP contribution >= 0.6 is 15.9 Å². The molecule has 94 valence electrons. The highest BCUT2D eigenvalue weighted by Crippen LogP contribution is 2.26. The summed E-state index contributed by atoms with van der Waals surface area (Å²) in [6.07, 6.45) is 2.75. The fraction of sp³-hybridized carbons (Fsp3) is 0.571. The molecular weight excluding hydrogens is 278 g/mol. The smallest absolute Gasteiger partial charge is 0.0608 e. The molecule has 0 unspecified atom stereocenters. The lowest BCUT2D eigenvalue weighted by Crippen LogP contribution is -2.37. The first-order chi connectivity index (χ1) is 8.35. The van der Waals surface area contributed by atoms with E-state index in [1.165, 1.54) is 11.3 Å². The summed E-state index contributed by atoms with van der Waals surface area (Å²) >= 11 is 3.56. The Labute approximate surface area is 112 Å². The summed E-state index contributed by atoms with van der Waals surface area (Å²) in [4.78, 5) is 2.48. The summed E-state index contributed by atoms with van der Waals surface area (Å²) < 4.78 is 5.69. The third-order valence-electron chi connectivity index (χ3n) is 3.32. The van der Waals surface area contributed by atoms with Crippen molar-refractivity contribution >= 4 is 21.6 Å². The first kappa shape index (κ1) is 12.9. The van der Waals surface area contributed by atoms with Crippen LogP contribution in [0.3, 0.4) is 0 Å². The zero-order valence-corrected chi connectivity index (χ0v) is 11.9. The monoisotopic (exact) mass is 297 g/mol. The summed E-state index contributed by atoms with van der Waals surface area (Å²) in [5.41, 5.74) is 2.75. The Hall–Kier alpha value is -0.540. The molecule has 0 aromatic heterocycles. The molecule has 0 radical (unpaired) electrons. The number of rotatable bonds is 4. The molecule has 1 heterocycles. The molecule has 0 N–H and O–H groups in total. The molecule has 1 saturated heterocycles. The fourth-order valence-corrected chi connectivity index (χ4v) is 2.91. The number of hydrogen-bond acceptors (Lipinski definition) is 2. The van der Waals surface area contributed by atoms with Gasteiger partial charge in [0, 0.05) is 30.7 Å². The number of ether oxygens (including phenoxy) is 1. The maximum Gasteiger partial charge on any atom is 0.0608 e. The van der Waals surface area contributed by atoms with Crippen LogP contribution in [-0.4, -0.2) is 25.8 Å². The SMILES string of the molecule is CCOC1CCN(c2ccccc2CBr)CC1. The van der Waals surface area contributed by atoms with E-state index in [0.717, 1.165) is 37.9 Å². The van der Waals surface area contributed by atoms with Crippen LogP contribution in [0.25, 0.3) is 0 Å². The molecule has 0 spiro atoms. The second kappa shape index (κ2) is 6.41. The van der Waals surface area contributed by atoms with Crippen molar-refractivity contribution in [1.82, 2.24) is 0 Å². The van der Waals surface area contributed by atoms with Gasteiger partial charge in [-0.1, -0.05) is 34.1 Å². The van der Waals surface area contributed by atoms with E-state index >= 15 is 0 Å². The molecular formula is C14H20BrNO. The Morgan fingerprint density at radius 2 is 2.00 bits per heavy atom. The first-order valence-corrected chi connectivity index (χ1v) is 7.47. The highest BCUT2D eigenvalue weighted by Gasteiger charge is 2.20. The standard InChI is InChI=1S/C14H20BrNO/c1-2-17-13-7-9-16(10-8-13)14-6-4-3-5-12(14)11-15/h3-6,13H,2,7-11H2,1H3. The van der Waals surface area contributed by atoms with Gasteiger partial charge in [-0.25, -0.2) is 0 Å². The number of piperidine rings is 1. The van der Waals surface area contributed by atoms with Gasteiger partial charge in [0.05, 0.1) is 6.10 Å². The Morgan fingerprint density at radius 1 is 1.29 bits per heavy atom. The largest absolute Gasteiger partial charge is 0.378 e. The van der Waals surface area contributed by atoms with Crippen molar-refractivity contribution < 1.29 is 4.74 Å². The van der Waals surface area contributed by atoms with E-state index in [9.17, 15) is 0 Å². The highest BCUT2D eigenvalue weighted by molar-refractivity contribution is 9.08. The van der Waals surface area contributed by atoms with Crippen LogP contribution in [0.4, 0.5) is 5.69 Å². The molecule has 1 aromatic carbocycles. The van der Waals surface area contributed by atoms with Crippen LogP contribution in [0.2, 0.25) is 0 Å². The van der Waals surface area contributed by atoms with Crippen molar-refractivity contribution in [2.24, 2.45) is 0 Å². The van der Waals surface area contributed by atoms with Crippen molar-refractivity contribution in [3.63, 3.8) is 0 Å². The van der Waals surface area contributed by atoms with Gasteiger partial charge in [-0.2, -0.15) is 0 Å². The third kappa shape index (κ3) is 3.23. The summed E-state index contributed by atoms with van der Waals surface area (Å²) in [6.45, 7) is 5.12. The normalized spacial score (nSPS) is 17.4. The molecule has 2 nitrogen and oxygen atoms in total. The van der Waals surface area contributed by atoms with Crippen molar-refractivity contribution in [3.05, 3.63) is 29.8 Å². The first-order valence-electron chi connectivity index (χ1n) is 6.35. The van der Waals surface area contributed by atoms with Gasteiger partial charge in [-0.3, -0.25) is 0 Å². The highest BCUT2D eigenvalue weighted by atomic mass is 79.9.